The summed E-state index contributed by atoms with van der Waals surface area (Å²) in [6, 6.07) is 2.97. The Labute approximate surface area is 106 Å². The molecule has 2 heterocycles. The first kappa shape index (κ1) is 11.0. The summed E-state index contributed by atoms with van der Waals surface area (Å²) in [4.78, 5) is 4.48. The van der Waals surface area contributed by atoms with Crippen LogP contribution in [0.5, 0.6) is 0 Å². The van der Waals surface area contributed by atoms with Crippen LogP contribution < -0.4 is 5.32 Å². The molecule has 17 heavy (non-hydrogen) atoms. The number of nitrogens with zero attached hydrogens (tertiary/aromatic N) is 2. The van der Waals surface area contributed by atoms with Gasteiger partial charge in [0, 0.05) is 36.1 Å². The number of nitrogens with one attached hydrogen (secondary N) is 1. The van der Waals surface area contributed by atoms with E-state index in [1.54, 1.807) is 11.3 Å². The summed E-state index contributed by atoms with van der Waals surface area (Å²) in [5.74, 6) is 0. The molecule has 90 valence electrons. The molecule has 1 aliphatic rings. The third-order valence-corrected chi connectivity index (χ3v) is 3.92. The molecule has 1 saturated carbocycles. The van der Waals surface area contributed by atoms with Crippen LogP contribution in [-0.4, -0.2) is 15.6 Å². The molecule has 0 bridgehead atoms. The van der Waals surface area contributed by atoms with E-state index >= 15 is 0 Å². The second kappa shape index (κ2) is 4.63. The molecule has 1 fully saturated rings. The van der Waals surface area contributed by atoms with Crippen LogP contribution in [0.15, 0.2) is 23.8 Å². The Bertz CT molecular complexity index is 496. The van der Waals surface area contributed by atoms with Crippen LogP contribution in [0.3, 0.4) is 0 Å². The lowest BCUT2D eigenvalue weighted by Gasteiger charge is -2.00. The van der Waals surface area contributed by atoms with Gasteiger partial charge in [-0.1, -0.05) is 0 Å². The summed E-state index contributed by atoms with van der Waals surface area (Å²) in [6.45, 7) is 3.93. The van der Waals surface area contributed by atoms with Gasteiger partial charge in [-0.25, -0.2) is 4.98 Å². The fourth-order valence-electron chi connectivity index (χ4n) is 1.87. The molecular weight excluding hydrogens is 230 g/mol. The number of aromatic nitrogens is 2. The maximum Gasteiger partial charge on any atom is 0.113 e. The minimum atomic E-state index is 0.778. The number of hydrogen-bond acceptors (Lipinski definition) is 3. The molecule has 3 rings (SSSR count). The molecule has 3 nitrogen and oxygen atoms in total. The normalized spacial score (nSPS) is 15.4. The number of hydrogen-bond donors (Lipinski definition) is 1. The van der Waals surface area contributed by atoms with E-state index in [9.17, 15) is 0 Å². The zero-order chi connectivity index (χ0) is 11.7. The third kappa shape index (κ3) is 2.96. The van der Waals surface area contributed by atoms with Gasteiger partial charge in [-0.2, -0.15) is 0 Å². The first-order valence-corrected chi connectivity index (χ1v) is 6.96. The van der Waals surface area contributed by atoms with Crippen molar-refractivity contribution >= 4 is 11.3 Å². The molecular formula is C13H17N3S. The molecule has 0 spiro atoms. The highest BCUT2D eigenvalue weighted by molar-refractivity contribution is 7.09. The van der Waals surface area contributed by atoms with Crippen molar-refractivity contribution in [3.63, 3.8) is 0 Å². The molecule has 0 atom stereocenters. The lowest BCUT2D eigenvalue weighted by Crippen LogP contribution is -2.14. The van der Waals surface area contributed by atoms with Crippen LogP contribution in [0, 0.1) is 6.92 Å². The summed E-state index contributed by atoms with van der Waals surface area (Å²) >= 11 is 1.73. The van der Waals surface area contributed by atoms with Crippen molar-refractivity contribution in [1.29, 1.82) is 0 Å². The number of thiazole rings is 1. The van der Waals surface area contributed by atoms with Crippen molar-refractivity contribution in [2.24, 2.45) is 0 Å². The van der Waals surface area contributed by atoms with E-state index < -0.39 is 0 Å². The fourth-order valence-corrected chi connectivity index (χ4v) is 2.65. The van der Waals surface area contributed by atoms with E-state index in [0.717, 1.165) is 24.8 Å². The Morgan fingerprint density at radius 1 is 1.53 bits per heavy atom. The molecule has 2 aromatic rings. The Morgan fingerprint density at radius 3 is 3.12 bits per heavy atom. The van der Waals surface area contributed by atoms with Gasteiger partial charge in [-0.15, -0.1) is 11.3 Å². The standard InChI is InChI=1S/C13H17N3S/c1-10-9-17-13(15-10)8-16-5-4-11(7-16)6-14-12-2-3-12/h4-5,7,9,12,14H,2-3,6,8H2,1H3. The van der Waals surface area contributed by atoms with Gasteiger partial charge in [0.1, 0.15) is 5.01 Å². The molecule has 1 N–H and O–H groups in total. The number of aryl methyl sites for hydroxylation is 1. The molecule has 1 aliphatic carbocycles. The number of rotatable bonds is 5. The molecule has 0 amide bonds. The van der Waals surface area contributed by atoms with E-state index in [0.29, 0.717) is 0 Å². The largest absolute Gasteiger partial charge is 0.347 e. The van der Waals surface area contributed by atoms with E-state index in [1.807, 2.05) is 6.92 Å². The SMILES string of the molecule is Cc1csc(Cn2ccc(CNC3CC3)c2)n1. The van der Waals surface area contributed by atoms with Gasteiger partial charge < -0.3 is 9.88 Å². The zero-order valence-electron chi connectivity index (χ0n) is 10.0. The van der Waals surface area contributed by atoms with E-state index in [1.165, 1.54) is 23.4 Å². The molecule has 0 aromatic carbocycles. The van der Waals surface area contributed by atoms with Crippen molar-refractivity contribution in [2.75, 3.05) is 0 Å². The van der Waals surface area contributed by atoms with Crippen LogP contribution >= 0.6 is 11.3 Å². The maximum atomic E-state index is 4.48. The van der Waals surface area contributed by atoms with Crippen LogP contribution in [0.1, 0.15) is 29.1 Å². The second-order valence-electron chi connectivity index (χ2n) is 4.73. The van der Waals surface area contributed by atoms with Crippen molar-refractivity contribution < 1.29 is 0 Å². The van der Waals surface area contributed by atoms with Crippen LogP contribution in [0.2, 0.25) is 0 Å². The maximum absolute atomic E-state index is 4.48. The topological polar surface area (TPSA) is 29.9 Å². The molecule has 4 heteroatoms. The lowest BCUT2D eigenvalue weighted by molar-refractivity contribution is 0.684. The van der Waals surface area contributed by atoms with Crippen molar-refractivity contribution in [1.82, 2.24) is 14.9 Å². The van der Waals surface area contributed by atoms with Gasteiger partial charge >= 0.3 is 0 Å². The Morgan fingerprint density at radius 2 is 2.41 bits per heavy atom. The van der Waals surface area contributed by atoms with Gasteiger partial charge in [0.15, 0.2) is 0 Å². The average molecular weight is 247 g/mol. The lowest BCUT2D eigenvalue weighted by atomic mass is 10.3. The summed E-state index contributed by atoms with van der Waals surface area (Å²) in [7, 11) is 0. The quantitative estimate of drug-likeness (QED) is 0.880. The van der Waals surface area contributed by atoms with Crippen molar-refractivity contribution in [2.45, 2.75) is 38.9 Å². The molecule has 0 radical (unpaired) electrons. The van der Waals surface area contributed by atoms with Gasteiger partial charge in [0.05, 0.1) is 6.54 Å². The highest BCUT2D eigenvalue weighted by Crippen LogP contribution is 2.19. The fraction of sp³-hybridized carbons (Fsp3) is 0.462. The Hall–Kier alpha value is -1.13. The van der Waals surface area contributed by atoms with Crippen LogP contribution in [0.25, 0.3) is 0 Å². The summed E-state index contributed by atoms with van der Waals surface area (Å²) in [6.07, 6.45) is 7.05. The monoisotopic (exact) mass is 247 g/mol. The van der Waals surface area contributed by atoms with Crippen molar-refractivity contribution in [3.8, 4) is 0 Å². The van der Waals surface area contributed by atoms with Crippen LogP contribution in [0.4, 0.5) is 0 Å². The average Bonchev–Trinajstić information content (AvgIpc) is 2.90. The molecule has 0 unspecified atom stereocenters. The van der Waals surface area contributed by atoms with Crippen molar-refractivity contribution in [3.05, 3.63) is 40.1 Å². The Balaban J connectivity index is 1.59. The molecule has 2 aromatic heterocycles. The van der Waals surface area contributed by atoms with Gasteiger partial charge in [0.25, 0.3) is 0 Å². The second-order valence-corrected chi connectivity index (χ2v) is 5.67. The van der Waals surface area contributed by atoms with Gasteiger partial charge in [0.2, 0.25) is 0 Å². The highest BCUT2D eigenvalue weighted by Gasteiger charge is 2.19. The molecule has 0 saturated heterocycles. The predicted octanol–water partition coefficient (Wildman–Crippen LogP) is 2.55. The van der Waals surface area contributed by atoms with E-state index in [2.05, 4.69) is 38.7 Å². The minimum Gasteiger partial charge on any atom is -0.347 e. The molecule has 0 aliphatic heterocycles. The third-order valence-electron chi connectivity index (χ3n) is 2.97. The Kier molecular flexibility index (Phi) is 2.99. The van der Waals surface area contributed by atoms with Crippen LogP contribution in [-0.2, 0) is 13.1 Å². The van der Waals surface area contributed by atoms with E-state index in [4.69, 9.17) is 0 Å². The minimum absolute atomic E-state index is 0.778. The van der Waals surface area contributed by atoms with Gasteiger partial charge in [-0.3, -0.25) is 0 Å². The predicted molar refractivity (Wildman–Crippen MR) is 70.2 cm³/mol. The first-order chi connectivity index (χ1) is 8.29. The highest BCUT2D eigenvalue weighted by atomic mass is 32.1. The van der Waals surface area contributed by atoms with E-state index in [-0.39, 0.29) is 0 Å². The first-order valence-electron chi connectivity index (χ1n) is 6.08. The summed E-state index contributed by atoms with van der Waals surface area (Å²) < 4.78 is 2.21. The zero-order valence-corrected chi connectivity index (χ0v) is 10.8. The summed E-state index contributed by atoms with van der Waals surface area (Å²) in [5.41, 5.74) is 2.48. The smallest absolute Gasteiger partial charge is 0.113 e. The summed E-state index contributed by atoms with van der Waals surface area (Å²) in [5, 5.41) is 6.81. The van der Waals surface area contributed by atoms with Gasteiger partial charge in [-0.05, 0) is 31.4 Å².